The quantitative estimate of drug-likeness (QED) is 0.171. The summed E-state index contributed by atoms with van der Waals surface area (Å²) in [4.78, 5) is 44.1. The SMILES string of the molecule is Cc1nc(N2CCC(c3ccccc3)(c3ccccc3)C2)c2ncn(C3OC(COP(=O)(O)CP(O)O)C(O)C3O)c2n1. The van der Waals surface area contributed by atoms with E-state index in [0.717, 1.165) is 6.42 Å². The van der Waals surface area contributed by atoms with Gasteiger partial charge in [0.1, 0.15) is 30.0 Å². The Kier molecular flexibility index (Phi) is 8.38. The van der Waals surface area contributed by atoms with Crippen molar-refractivity contribution >= 4 is 33.0 Å². The number of aliphatic hydroxyl groups excluding tert-OH is 2. The molecule has 2 aliphatic rings. The number of aromatic nitrogens is 4. The number of anilines is 1. The van der Waals surface area contributed by atoms with Gasteiger partial charge >= 0.3 is 7.60 Å². The molecule has 2 aromatic carbocycles. The number of aliphatic hydroxyl groups is 2. The fourth-order valence-electron chi connectivity index (χ4n) is 6.04. The lowest BCUT2D eigenvalue weighted by Gasteiger charge is -2.31. The van der Waals surface area contributed by atoms with Crippen LogP contribution in [0.3, 0.4) is 0 Å². The van der Waals surface area contributed by atoms with E-state index in [4.69, 9.17) is 24.0 Å². The number of aryl methyl sites for hydroxylation is 1. The van der Waals surface area contributed by atoms with Gasteiger partial charge in [-0.15, -0.1) is 0 Å². The predicted octanol–water partition coefficient (Wildman–Crippen LogP) is 2.41. The molecule has 2 fully saturated rings. The maximum absolute atomic E-state index is 12.1. The number of rotatable bonds is 9. The molecule has 6 rings (SSSR count). The average Bonchev–Trinajstić information content (AvgIpc) is 3.69. The smallest absolute Gasteiger partial charge is 0.337 e. The Labute approximate surface area is 248 Å². The van der Waals surface area contributed by atoms with Crippen LogP contribution >= 0.6 is 16.0 Å². The third-order valence-electron chi connectivity index (χ3n) is 8.09. The topological polar surface area (TPSA) is 184 Å². The third-order valence-corrected chi connectivity index (χ3v) is 11.1. The van der Waals surface area contributed by atoms with Gasteiger partial charge in [-0.25, -0.2) is 15.0 Å². The van der Waals surface area contributed by atoms with Gasteiger partial charge in [-0.1, -0.05) is 60.7 Å². The number of ether oxygens (including phenoxy) is 1. The summed E-state index contributed by atoms with van der Waals surface area (Å²) >= 11 is 0. The fraction of sp³-hybridized carbons (Fsp3) is 0.393. The maximum atomic E-state index is 12.1. The lowest BCUT2D eigenvalue weighted by molar-refractivity contribution is -0.0483. The monoisotopic (exact) mass is 629 g/mol. The molecular weight excluding hydrogens is 596 g/mol. The molecule has 0 amide bonds. The Hall–Kier alpha value is -2.83. The van der Waals surface area contributed by atoms with Crippen molar-refractivity contribution in [3.63, 3.8) is 0 Å². The number of hydrogen-bond acceptors (Lipinski definition) is 11. The molecule has 0 saturated carbocycles. The van der Waals surface area contributed by atoms with E-state index in [0.29, 0.717) is 35.9 Å². The van der Waals surface area contributed by atoms with Gasteiger partial charge in [0.05, 0.1) is 12.9 Å². The fourth-order valence-corrected chi connectivity index (χ4v) is 8.03. The molecule has 2 aliphatic heterocycles. The summed E-state index contributed by atoms with van der Waals surface area (Å²) in [6.45, 7) is 2.59. The molecule has 0 radical (unpaired) electrons. The molecule has 5 unspecified atom stereocenters. The van der Waals surface area contributed by atoms with Crippen molar-refractivity contribution in [3.8, 4) is 0 Å². The molecule has 0 aliphatic carbocycles. The third kappa shape index (κ3) is 5.85. The summed E-state index contributed by atoms with van der Waals surface area (Å²) < 4.78 is 24.4. The molecule has 4 heterocycles. The minimum absolute atomic E-state index is 0.266. The van der Waals surface area contributed by atoms with Crippen molar-refractivity contribution < 1.29 is 38.7 Å². The molecular formula is C28H33N5O8P2. The van der Waals surface area contributed by atoms with Crippen LogP contribution in [-0.2, 0) is 19.2 Å². The lowest BCUT2D eigenvalue weighted by atomic mass is 9.74. The number of hydrogen-bond donors (Lipinski definition) is 5. The summed E-state index contributed by atoms with van der Waals surface area (Å²) in [5.74, 6) is 0.294. The molecule has 15 heteroatoms. The van der Waals surface area contributed by atoms with E-state index in [9.17, 15) is 19.7 Å². The largest absolute Gasteiger partial charge is 0.387 e. The predicted molar refractivity (Wildman–Crippen MR) is 158 cm³/mol. The number of nitrogens with zero attached hydrogens (tertiary/aromatic N) is 5. The van der Waals surface area contributed by atoms with E-state index in [1.807, 2.05) is 36.4 Å². The first kappa shape index (κ1) is 30.2. The standard InChI is InChI=1S/C28H33N5O8P2/c1-18-30-25(32-13-12-28(15-32,19-8-4-2-5-9-19)20-10-6-3-7-11-20)22-26(31-18)33(16-29-22)27-24(35)23(34)21(41-27)14-40-43(38,39)17-42(36)37/h2-11,16,21,23-24,27,34-37H,12-15,17H2,1H3,(H,38,39). The van der Waals surface area contributed by atoms with Crippen LogP contribution in [0.15, 0.2) is 67.0 Å². The van der Waals surface area contributed by atoms with E-state index in [2.05, 4.69) is 39.1 Å². The van der Waals surface area contributed by atoms with Crippen molar-refractivity contribution in [1.82, 2.24) is 19.5 Å². The van der Waals surface area contributed by atoms with Crippen LogP contribution < -0.4 is 4.90 Å². The zero-order chi connectivity index (χ0) is 30.4. The molecule has 2 aromatic heterocycles. The van der Waals surface area contributed by atoms with Gasteiger partial charge in [0.2, 0.25) is 0 Å². The van der Waals surface area contributed by atoms with E-state index < -0.39 is 53.0 Å². The van der Waals surface area contributed by atoms with Gasteiger partial charge in [-0.05, 0) is 24.5 Å². The van der Waals surface area contributed by atoms with Crippen LogP contribution in [-0.4, -0.2) is 88.3 Å². The molecule has 0 spiro atoms. The number of benzene rings is 2. The second kappa shape index (κ2) is 11.9. The van der Waals surface area contributed by atoms with Crippen LogP contribution in [0, 0.1) is 6.92 Å². The van der Waals surface area contributed by atoms with Crippen molar-refractivity contribution in [2.45, 2.75) is 43.3 Å². The molecule has 4 aromatic rings. The van der Waals surface area contributed by atoms with E-state index in [1.54, 1.807) is 6.92 Å². The van der Waals surface area contributed by atoms with Gasteiger partial charge in [0, 0.05) is 18.5 Å². The van der Waals surface area contributed by atoms with Crippen molar-refractivity contribution in [3.05, 3.63) is 83.9 Å². The Morgan fingerprint density at radius 3 is 2.33 bits per heavy atom. The second-order valence-corrected chi connectivity index (χ2v) is 14.3. The summed E-state index contributed by atoms with van der Waals surface area (Å²) in [7, 11) is -6.99. The normalized spacial score (nSPS) is 25.0. The van der Waals surface area contributed by atoms with Gasteiger partial charge in [0.25, 0.3) is 0 Å². The molecule has 5 atom stereocenters. The zero-order valence-corrected chi connectivity index (χ0v) is 25.1. The minimum Gasteiger partial charge on any atom is -0.387 e. The number of fused-ring (bicyclic) bond motifs is 1. The summed E-state index contributed by atoms with van der Waals surface area (Å²) in [5.41, 5.74) is 3.06. The highest BCUT2D eigenvalue weighted by molar-refractivity contribution is 7.67. The first-order valence-electron chi connectivity index (χ1n) is 13.8. The van der Waals surface area contributed by atoms with Crippen LogP contribution in [0.5, 0.6) is 0 Å². The highest BCUT2D eigenvalue weighted by atomic mass is 31.2. The zero-order valence-electron chi connectivity index (χ0n) is 23.3. The van der Waals surface area contributed by atoms with Crippen molar-refractivity contribution in [2.75, 3.05) is 30.5 Å². The first-order chi connectivity index (χ1) is 20.6. The Bertz CT molecular complexity index is 1590. The van der Waals surface area contributed by atoms with Gasteiger partial charge in [-0.3, -0.25) is 9.13 Å². The summed E-state index contributed by atoms with van der Waals surface area (Å²) in [6, 6.07) is 20.8. The van der Waals surface area contributed by atoms with Gasteiger partial charge < -0.3 is 39.1 Å². The van der Waals surface area contributed by atoms with Crippen molar-refractivity contribution in [2.24, 2.45) is 0 Å². The maximum Gasteiger partial charge on any atom is 0.337 e. The summed E-state index contributed by atoms with van der Waals surface area (Å²) in [5, 5.41) is 21.5. The van der Waals surface area contributed by atoms with Crippen LogP contribution in [0.4, 0.5) is 5.82 Å². The molecule has 228 valence electrons. The molecule has 13 nitrogen and oxygen atoms in total. The van der Waals surface area contributed by atoms with E-state index in [-0.39, 0.29) is 5.41 Å². The number of imidazole rings is 1. The van der Waals surface area contributed by atoms with Gasteiger partial charge in [-0.2, -0.15) is 0 Å². The van der Waals surface area contributed by atoms with Crippen LogP contribution in [0.25, 0.3) is 11.2 Å². The second-order valence-electron chi connectivity index (χ2n) is 10.9. The van der Waals surface area contributed by atoms with E-state index in [1.165, 1.54) is 22.0 Å². The van der Waals surface area contributed by atoms with Crippen molar-refractivity contribution in [1.29, 1.82) is 0 Å². The van der Waals surface area contributed by atoms with Crippen LogP contribution in [0.2, 0.25) is 0 Å². The minimum atomic E-state index is -4.34. The van der Waals surface area contributed by atoms with Gasteiger partial charge in [0.15, 0.2) is 31.6 Å². The summed E-state index contributed by atoms with van der Waals surface area (Å²) in [6.07, 6.45) is -2.84. The molecule has 0 bridgehead atoms. The average molecular weight is 630 g/mol. The molecule has 43 heavy (non-hydrogen) atoms. The lowest BCUT2D eigenvalue weighted by Crippen LogP contribution is -2.33. The van der Waals surface area contributed by atoms with Crippen LogP contribution in [0.1, 0.15) is 29.6 Å². The van der Waals surface area contributed by atoms with E-state index >= 15 is 0 Å². The Morgan fingerprint density at radius 1 is 1.05 bits per heavy atom. The highest BCUT2D eigenvalue weighted by Gasteiger charge is 2.46. The highest BCUT2D eigenvalue weighted by Crippen LogP contribution is 2.51. The Balaban J connectivity index is 1.29. The molecule has 2 saturated heterocycles. The Morgan fingerprint density at radius 2 is 1.70 bits per heavy atom. The first-order valence-corrected chi connectivity index (χ1v) is 17.0. The molecule has 5 N–H and O–H groups in total.